The summed E-state index contributed by atoms with van der Waals surface area (Å²) < 4.78 is 0. The molecule has 0 aliphatic carbocycles. The highest BCUT2D eigenvalue weighted by Crippen LogP contribution is 2.29. The Morgan fingerprint density at radius 1 is 0.771 bits per heavy atom. The summed E-state index contributed by atoms with van der Waals surface area (Å²) in [5, 5.41) is 4.76. The minimum absolute atomic E-state index is 0.0631. The third-order valence-corrected chi connectivity index (χ3v) is 7.15. The highest BCUT2D eigenvalue weighted by atomic mass is 16.2. The SMILES string of the molecule is O=C(c1ccc2c(-c3ccccc3)c[nH]c2c1)N1CC(N[C@H]2CCN(C(=O)c3ccccc3)C2)C1. The molecule has 6 nitrogen and oxygen atoms in total. The van der Waals surface area contributed by atoms with Crippen molar-refractivity contribution in [3.05, 3.63) is 96.2 Å². The van der Waals surface area contributed by atoms with E-state index in [9.17, 15) is 9.59 Å². The lowest BCUT2D eigenvalue weighted by Gasteiger charge is -2.41. The van der Waals surface area contributed by atoms with Gasteiger partial charge in [0.1, 0.15) is 0 Å². The van der Waals surface area contributed by atoms with Gasteiger partial charge in [-0.1, -0.05) is 54.6 Å². The number of fused-ring (bicyclic) bond motifs is 1. The number of amides is 2. The van der Waals surface area contributed by atoms with Crippen LogP contribution in [0, 0.1) is 0 Å². The Hall–Kier alpha value is -3.90. The van der Waals surface area contributed by atoms with Crippen molar-refractivity contribution in [3.8, 4) is 11.1 Å². The monoisotopic (exact) mass is 464 g/mol. The number of nitrogens with one attached hydrogen (secondary N) is 2. The molecule has 1 atom stereocenters. The Labute approximate surface area is 204 Å². The molecule has 0 spiro atoms. The molecule has 35 heavy (non-hydrogen) atoms. The fourth-order valence-electron chi connectivity index (χ4n) is 5.23. The first-order valence-electron chi connectivity index (χ1n) is 12.2. The predicted octanol–water partition coefficient (Wildman–Crippen LogP) is 4.16. The molecule has 6 rings (SSSR count). The summed E-state index contributed by atoms with van der Waals surface area (Å²) in [7, 11) is 0. The second kappa shape index (κ2) is 9.04. The maximum atomic E-state index is 13.1. The number of hydrogen-bond donors (Lipinski definition) is 2. The summed E-state index contributed by atoms with van der Waals surface area (Å²) in [6.07, 6.45) is 2.95. The van der Waals surface area contributed by atoms with E-state index in [1.165, 1.54) is 0 Å². The van der Waals surface area contributed by atoms with Crippen LogP contribution in [0.4, 0.5) is 0 Å². The van der Waals surface area contributed by atoms with Gasteiger partial charge in [-0.2, -0.15) is 0 Å². The third kappa shape index (κ3) is 4.21. The number of aromatic nitrogens is 1. The summed E-state index contributed by atoms with van der Waals surface area (Å²) in [5.74, 6) is 0.156. The number of benzene rings is 3. The van der Waals surface area contributed by atoms with Crippen LogP contribution in [0.3, 0.4) is 0 Å². The van der Waals surface area contributed by atoms with Gasteiger partial charge in [0.15, 0.2) is 0 Å². The molecular formula is C29H28N4O2. The van der Waals surface area contributed by atoms with Gasteiger partial charge < -0.3 is 20.1 Å². The van der Waals surface area contributed by atoms with Crippen LogP contribution in [0.2, 0.25) is 0 Å². The van der Waals surface area contributed by atoms with E-state index in [-0.39, 0.29) is 23.9 Å². The largest absolute Gasteiger partial charge is 0.361 e. The lowest BCUT2D eigenvalue weighted by Crippen LogP contribution is -2.62. The lowest BCUT2D eigenvalue weighted by molar-refractivity contribution is 0.0553. The Bertz CT molecular complexity index is 1360. The molecule has 2 N–H and O–H groups in total. The number of nitrogens with zero attached hydrogens (tertiary/aromatic N) is 2. The van der Waals surface area contributed by atoms with Crippen molar-refractivity contribution in [2.45, 2.75) is 18.5 Å². The molecule has 1 aromatic heterocycles. The third-order valence-electron chi connectivity index (χ3n) is 7.15. The van der Waals surface area contributed by atoms with Crippen LogP contribution in [0.15, 0.2) is 85.1 Å². The molecule has 0 radical (unpaired) electrons. The van der Waals surface area contributed by atoms with Crippen molar-refractivity contribution >= 4 is 22.7 Å². The zero-order valence-electron chi connectivity index (χ0n) is 19.5. The van der Waals surface area contributed by atoms with Gasteiger partial charge in [0.25, 0.3) is 11.8 Å². The molecule has 176 valence electrons. The molecule has 0 bridgehead atoms. The molecule has 3 aromatic carbocycles. The molecule has 3 heterocycles. The molecule has 4 aromatic rings. The van der Waals surface area contributed by atoms with E-state index < -0.39 is 0 Å². The molecule has 2 aliphatic heterocycles. The first-order valence-corrected chi connectivity index (χ1v) is 12.2. The number of carbonyl (C=O) groups excluding carboxylic acids is 2. The van der Waals surface area contributed by atoms with Crippen LogP contribution in [0.25, 0.3) is 22.0 Å². The summed E-state index contributed by atoms with van der Waals surface area (Å²) in [5.41, 5.74) is 4.72. The minimum Gasteiger partial charge on any atom is -0.361 e. The molecule has 2 saturated heterocycles. The van der Waals surface area contributed by atoms with Gasteiger partial charge in [-0.25, -0.2) is 0 Å². The molecule has 2 amide bonds. The fraction of sp³-hybridized carbons (Fsp3) is 0.241. The average Bonchev–Trinajstić information content (AvgIpc) is 3.53. The van der Waals surface area contributed by atoms with E-state index in [1.54, 1.807) is 0 Å². The normalized spacial score (nSPS) is 18.1. The molecule has 2 aliphatic rings. The molecule has 6 heteroatoms. The van der Waals surface area contributed by atoms with Crippen LogP contribution >= 0.6 is 0 Å². The first-order chi connectivity index (χ1) is 17.2. The Morgan fingerprint density at radius 3 is 2.23 bits per heavy atom. The summed E-state index contributed by atoms with van der Waals surface area (Å²) in [6.45, 7) is 2.87. The van der Waals surface area contributed by atoms with E-state index in [4.69, 9.17) is 0 Å². The van der Waals surface area contributed by atoms with E-state index in [0.717, 1.165) is 40.6 Å². The second-order valence-electron chi connectivity index (χ2n) is 9.51. The van der Waals surface area contributed by atoms with E-state index in [1.807, 2.05) is 82.7 Å². The van der Waals surface area contributed by atoms with E-state index in [0.29, 0.717) is 25.2 Å². The predicted molar refractivity (Wildman–Crippen MR) is 137 cm³/mol. The molecule has 0 unspecified atom stereocenters. The Balaban J connectivity index is 1.04. The standard InChI is InChI=1S/C29H28N4O2/c34-28(21-9-5-2-6-10-21)32-14-13-23(17-32)31-24-18-33(19-24)29(35)22-11-12-25-26(16-30-27(25)15-22)20-7-3-1-4-8-20/h1-12,15-16,23-24,30-31H,13-14,17-19H2/t23-/m0/s1. The molecular weight excluding hydrogens is 436 g/mol. The van der Waals surface area contributed by atoms with Crippen LogP contribution in [0.5, 0.6) is 0 Å². The van der Waals surface area contributed by atoms with Crippen molar-refractivity contribution in [2.75, 3.05) is 26.2 Å². The summed E-state index contributed by atoms with van der Waals surface area (Å²) >= 11 is 0. The molecule has 2 fully saturated rings. The number of rotatable bonds is 5. The van der Waals surface area contributed by atoms with Gasteiger partial charge in [0.2, 0.25) is 0 Å². The average molecular weight is 465 g/mol. The highest BCUT2D eigenvalue weighted by Gasteiger charge is 2.35. The summed E-state index contributed by atoms with van der Waals surface area (Å²) in [4.78, 5) is 32.9. The number of aromatic amines is 1. The quantitative estimate of drug-likeness (QED) is 0.466. The van der Waals surface area contributed by atoms with Gasteiger partial charge in [0.05, 0.1) is 0 Å². The second-order valence-corrected chi connectivity index (χ2v) is 9.51. The van der Waals surface area contributed by atoms with Gasteiger partial charge in [-0.3, -0.25) is 9.59 Å². The minimum atomic E-state index is 0.0631. The van der Waals surface area contributed by atoms with E-state index in [2.05, 4.69) is 22.4 Å². The van der Waals surface area contributed by atoms with E-state index >= 15 is 0 Å². The van der Waals surface area contributed by atoms with Crippen LogP contribution < -0.4 is 5.32 Å². The van der Waals surface area contributed by atoms with Crippen molar-refractivity contribution in [1.29, 1.82) is 0 Å². The maximum absolute atomic E-state index is 13.1. The topological polar surface area (TPSA) is 68.4 Å². The number of likely N-dealkylation sites (tertiary alicyclic amines) is 2. The van der Waals surface area contributed by atoms with Crippen LogP contribution in [-0.2, 0) is 0 Å². The van der Waals surface area contributed by atoms with Crippen molar-refractivity contribution in [2.24, 2.45) is 0 Å². The smallest absolute Gasteiger partial charge is 0.254 e. The number of carbonyl (C=O) groups is 2. The fourth-order valence-corrected chi connectivity index (χ4v) is 5.23. The Morgan fingerprint density at radius 2 is 1.46 bits per heavy atom. The zero-order valence-corrected chi connectivity index (χ0v) is 19.5. The summed E-state index contributed by atoms with van der Waals surface area (Å²) in [6, 6.07) is 26.2. The highest BCUT2D eigenvalue weighted by molar-refractivity contribution is 6.02. The van der Waals surface area contributed by atoms with Gasteiger partial charge >= 0.3 is 0 Å². The Kier molecular flexibility index (Phi) is 5.58. The van der Waals surface area contributed by atoms with Crippen LogP contribution in [0.1, 0.15) is 27.1 Å². The number of H-pyrrole nitrogens is 1. The number of hydrogen-bond acceptors (Lipinski definition) is 3. The van der Waals surface area contributed by atoms with Crippen molar-refractivity contribution < 1.29 is 9.59 Å². The zero-order chi connectivity index (χ0) is 23.8. The lowest BCUT2D eigenvalue weighted by atomic mass is 10.0. The maximum Gasteiger partial charge on any atom is 0.254 e. The van der Waals surface area contributed by atoms with Crippen molar-refractivity contribution in [1.82, 2.24) is 20.1 Å². The molecule has 0 saturated carbocycles. The van der Waals surface area contributed by atoms with Gasteiger partial charge in [-0.05, 0) is 36.2 Å². The van der Waals surface area contributed by atoms with Crippen molar-refractivity contribution in [3.63, 3.8) is 0 Å². The van der Waals surface area contributed by atoms with Gasteiger partial charge in [-0.15, -0.1) is 0 Å². The van der Waals surface area contributed by atoms with Gasteiger partial charge in [0, 0.05) is 72.1 Å². The first kappa shape index (κ1) is 21.6. The van der Waals surface area contributed by atoms with Crippen LogP contribution in [-0.4, -0.2) is 64.9 Å².